The summed E-state index contributed by atoms with van der Waals surface area (Å²) in [5.41, 5.74) is 0. The van der Waals surface area contributed by atoms with Gasteiger partial charge in [0.25, 0.3) is 0 Å². The third-order valence-corrected chi connectivity index (χ3v) is 1.99. The van der Waals surface area contributed by atoms with Gasteiger partial charge in [-0.25, -0.2) is 0 Å². The second-order valence-electron chi connectivity index (χ2n) is 2.69. The Bertz CT molecular complexity index is 109. The molecule has 0 radical (unpaired) electrons. The van der Waals surface area contributed by atoms with E-state index < -0.39 is 12.8 Å². The Labute approximate surface area is 52.5 Å². The van der Waals surface area contributed by atoms with E-state index in [4.69, 9.17) is 0 Å². The largest absolute Gasteiger partial charge is 0.481 e. The van der Waals surface area contributed by atoms with E-state index in [1.807, 2.05) is 6.92 Å². The first-order chi connectivity index (χ1) is 4.05. The molecule has 2 atom stereocenters. The van der Waals surface area contributed by atoms with Gasteiger partial charge < -0.3 is 12.9 Å². The van der Waals surface area contributed by atoms with Crippen LogP contribution in [0.25, 0.3) is 0 Å². The van der Waals surface area contributed by atoms with E-state index in [1.165, 1.54) is 0 Å². The summed E-state index contributed by atoms with van der Waals surface area (Å²) in [5.74, 6) is -0.944. The van der Waals surface area contributed by atoms with Crippen molar-refractivity contribution in [1.82, 2.24) is 0 Å². The van der Waals surface area contributed by atoms with E-state index in [-0.39, 0.29) is 5.92 Å². The minimum Gasteiger partial charge on any atom is -0.449 e. The predicted octanol–water partition coefficient (Wildman–Crippen LogP) is 2.63. The minimum atomic E-state index is -4.50. The first kappa shape index (κ1) is 6.97. The van der Waals surface area contributed by atoms with Crippen LogP contribution in [0.1, 0.15) is 19.8 Å². The normalized spacial score (nSPS) is 34.7. The van der Waals surface area contributed by atoms with Crippen molar-refractivity contribution in [3.63, 3.8) is 0 Å². The maximum absolute atomic E-state index is 11.7. The van der Waals surface area contributed by atoms with Crippen molar-refractivity contribution in [3.8, 4) is 0 Å². The van der Waals surface area contributed by atoms with Gasteiger partial charge in [-0.2, -0.15) is 0 Å². The molecule has 4 heteroatoms. The van der Waals surface area contributed by atoms with Crippen LogP contribution in [-0.2, 0) is 0 Å². The van der Waals surface area contributed by atoms with Gasteiger partial charge in [0.2, 0.25) is 0 Å². The highest BCUT2D eigenvalue weighted by molar-refractivity contribution is 6.61. The zero-order valence-corrected chi connectivity index (χ0v) is 5.28. The SMILES string of the molecule is CCC1CC1[B-](F)(F)F. The third kappa shape index (κ3) is 1.40. The first-order valence-corrected chi connectivity index (χ1v) is 3.25. The van der Waals surface area contributed by atoms with Crippen LogP contribution in [0.15, 0.2) is 0 Å². The molecule has 0 nitrogen and oxygen atoms in total. The monoisotopic (exact) mass is 137 g/mol. The Kier molecular flexibility index (Phi) is 1.49. The van der Waals surface area contributed by atoms with Crippen LogP contribution in [0.4, 0.5) is 12.9 Å². The predicted molar refractivity (Wildman–Crippen MR) is 31.2 cm³/mol. The van der Waals surface area contributed by atoms with Gasteiger partial charge in [0, 0.05) is 0 Å². The van der Waals surface area contributed by atoms with Crippen LogP contribution >= 0.6 is 0 Å². The van der Waals surface area contributed by atoms with Crippen LogP contribution in [-0.4, -0.2) is 6.98 Å². The molecule has 0 aromatic heterocycles. The third-order valence-electron chi connectivity index (χ3n) is 1.99. The van der Waals surface area contributed by atoms with Crippen LogP contribution in [0.3, 0.4) is 0 Å². The second kappa shape index (κ2) is 1.92. The smallest absolute Gasteiger partial charge is 0.449 e. The zero-order chi connectivity index (χ0) is 7.07. The Morgan fingerprint density at radius 1 is 1.44 bits per heavy atom. The molecule has 1 saturated carbocycles. The average molecular weight is 137 g/mol. The minimum absolute atomic E-state index is 0.0370. The van der Waals surface area contributed by atoms with Gasteiger partial charge in [0.05, 0.1) is 0 Å². The Morgan fingerprint density at radius 3 is 2.11 bits per heavy atom. The lowest BCUT2D eigenvalue weighted by Gasteiger charge is -2.11. The van der Waals surface area contributed by atoms with Crippen molar-refractivity contribution in [2.24, 2.45) is 5.92 Å². The van der Waals surface area contributed by atoms with Crippen molar-refractivity contribution in [3.05, 3.63) is 0 Å². The number of hydrogen-bond acceptors (Lipinski definition) is 0. The van der Waals surface area contributed by atoms with Gasteiger partial charge in [-0.1, -0.05) is 31.5 Å². The Hall–Kier alpha value is -0.145. The van der Waals surface area contributed by atoms with Crippen molar-refractivity contribution in [1.29, 1.82) is 0 Å². The highest BCUT2D eigenvalue weighted by atomic mass is 19.4. The summed E-state index contributed by atoms with van der Waals surface area (Å²) >= 11 is 0. The summed E-state index contributed by atoms with van der Waals surface area (Å²) in [5, 5.41) is 0. The van der Waals surface area contributed by atoms with Crippen molar-refractivity contribution in [2.75, 3.05) is 0 Å². The highest BCUT2D eigenvalue weighted by Crippen LogP contribution is 2.54. The molecule has 0 amide bonds. The molecule has 0 spiro atoms. The van der Waals surface area contributed by atoms with E-state index in [0.29, 0.717) is 12.8 Å². The molecule has 0 heterocycles. The molecule has 0 aromatic rings. The molecule has 0 bridgehead atoms. The molecule has 0 aromatic carbocycles. The standard InChI is InChI=1S/C5H9BF3/c1-2-4-3-5(4)6(7,8)9/h4-5H,2-3H2,1H3/q-1. The molecule has 1 rings (SSSR count). The summed E-state index contributed by atoms with van der Waals surface area (Å²) < 4.78 is 35.2. The molecule has 0 aliphatic heterocycles. The zero-order valence-electron chi connectivity index (χ0n) is 5.28. The van der Waals surface area contributed by atoms with Crippen molar-refractivity contribution >= 4 is 6.98 Å². The number of hydrogen-bond donors (Lipinski definition) is 0. The van der Waals surface area contributed by atoms with Crippen LogP contribution in [0.5, 0.6) is 0 Å². The average Bonchev–Trinajstić information content (AvgIpc) is 2.39. The second-order valence-corrected chi connectivity index (χ2v) is 2.69. The van der Waals surface area contributed by atoms with Crippen LogP contribution in [0.2, 0.25) is 5.82 Å². The molecule has 2 unspecified atom stereocenters. The van der Waals surface area contributed by atoms with Crippen molar-refractivity contribution < 1.29 is 12.9 Å². The van der Waals surface area contributed by atoms with E-state index >= 15 is 0 Å². The maximum atomic E-state index is 11.7. The quantitative estimate of drug-likeness (QED) is 0.513. The lowest BCUT2D eigenvalue weighted by Crippen LogP contribution is -2.15. The molecule has 9 heavy (non-hydrogen) atoms. The van der Waals surface area contributed by atoms with E-state index in [9.17, 15) is 12.9 Å². The topological polar surface area (TPSA) is 0 Å². The number of rotatable bonds is 2. The lowest BCUT2D eigenvalue weighted by molar-refractivity contribution is 0.458. The fraction of sp³-hybridized carbons (Fsp3) is 1.00. The van der Waals surface area contributed by atoms with E-state index in [1.54, 1.807) is 0 Å². The highest BCUT2D eigenvalue weighted by Gasteiger charge is 2.49. The maximum Gasteiger partial charge on any atom is 0.481 e. The summed E-state index contributed by atoms with van der Waals surface area (Å²) in [6.07, 6.45) is 1.08. The first-order valence-electron chi connectivity index (χ1n) is 3.25. The summed E-state index contributed by atoms with van der Waals surface area (Å²) in [6, 6.07) is 0. The summed E-state index contributed by atoms with van der Waals surface area (Å²) in [4.78, 5) is 0. The molecule has 1 aliphatic rings. The van der Waals surface area contributed by atoms with Crippen LogP contribution < -0.4 is 0 Å². The van der Waals surface area contributed by atoms with Crippen LogP contribution in [0, 0.1) is 5.92 Å². The lowest BCUT2D eigenvalue weighted by atomic mass is 9.81. The Balaban J connectivity index is 2.33. The van der Waals surface area contributed by atoms with E-state index in [0.717, 1.165) is 0 Å². The summed E-state index contributed by atoms with van der Waals surface area (Å²) in [6.45, 7) is -2.69. The van der Waals surface area contributed by atoms with Gasteiger partial charge in [0.15, 0.2) is 0 Å². The van der Waals surface area contributed by atoms with Gasteiger partial charge in [-0.3, -0.25) is 0 Å². The molecule has 0 saturated heterocycles. The number of halogens is 3. The van der Waals surface area contributed by atoms with E-state index in [2.05, 4.69) is 0 Å². The van der Waals surface area contributed by atoms with Crippen molar-refractivity contribution in [2.45, 2.75) is 25.6 Å². The fourth-order valence-electron chi connectivity index (χ4n) is 1.20. The molecular weight excluding hydrogens is 128 g/mol. The Morgan fingerprint density at radius 2 is 2.00 bits per heavy atom. The van der Waals surface area contributed by atoms with Gasteiger partial charge >= 0.3 is 6.98 Å². The molecule has 1 fully saturated rings. The van der Waals surface area contributed by atoms with Gasteiger partial charge in [-0.05, 0) is 0 Å². The molecule has 0 N–H and O–H groups in total. The fourth-order valence-corrected chi connectivity index (χ4v) is 1.20. The molecular formula is C5H9BF3-. The van der Waals surface area contributed by atoms with Gasteiger partial charge in [-0.15, -0.1) is 0 Å². The molecule has 54 valence electrons. The summed E-state index contributed by atoms with van der Waals surface area (Å²) in [7, 11) is 0. The van der Waals surface area contributed by atoms with Gasteiger partial charge in [0.1, 0.15) is 0 Å². The molecule has 1 aliphatic carbocycles.